The maximum Gasteiger partial charge on any atom is 0.253 e. The number of likely N-dealkylation sites (N-methyl/N-ethyl adjacent to an activating group) is 1. The molecule has 0 saturated heterocycles. The van der Waals surface area contributed by atoms with E-state index < -0.39 is 12.1 Å². The number of anilines is 1. The predicted octanol–water partition coefficient (Wildman–Crippen LogP) is 3.18. The highest BCUT2D eigenvalue weighted by molar-refractivity contribution is 6.02. The summed E-state index contributed by atoms with van der Waals surface area (Å²) in [5, 5.41) is 7.82. The number of hydrogen-bond acceptors (Lipinski definition) is 5. The fourth-order valence-corrected chi connectivity index (χ4v) is 4.10. The fourth-order valence-electron chi connectivity index (χ4n) is 4.10. The van der Waals surface area contributed by atoms with Crippen molar-refractivity contribution in [3.8, 4) is 11.5 Å². The summed E-state index contributed by atoms with van der Waals surface area (Å²) in [4.78, 5) is 28.0. The second kappa shape index (κ2) is 9.50. The molecule has 4 rings (SSSR count). The van der Waals surface area contributed by atoms with Crippen molar-refractivity contribution in [1.29, 1.82) is 0 Å². The van der Waals surface area contributed by atoms with E-state index in [0.717, 1.165) is 21.9 Å². The molecule has 2 atom stereocenters. The Morgan fingerprint density at radius 1 is 1.18 bits per heavy atom. The van der Waals surface area contributed by atoms with Crippen molar-refractivity contribution < 1.29 is 19.1 Å². The van der Waals surface area contributed by atoms with Gasteiger partial charge in [0.25, 0.3) is 5.91 Å². The van der Waals surface area contributed by atoms with E-state index in [1.54, 1.807) is 26.0 Å². The molecule has 0 saturated carbocycles. The van der Waals surface area contributed by atoms with Crippen LogP contribution in [0.15, 0.2) is 54.6 Å². The van der Waals surface area contributed by atoms with Crippen molar-refractivity contribution in [2.75, 3.05) is 25.7 Å². The number of hydrogen-bond donors (Lipinski definition) is 2. The largest absolute Gasteiger partial charge is 0.496 e. The summed E-state index contributed by atoms with van der Waals surface area (Å²) >= 11 is 0. The number of rotatable bonds is 6. The van der Waals surface area contributed by atoms with E-state index in [-0.39, 0.29) is 25.0 Å². The normalized spacial score (nSPS) is 16.5. The first-order valence-electron chi connectivity index (χ1n) is 11.0. The van der Waals surface area contributed by atoms with Crippen molar-refractivity contribution in [1.82, 2.24) is 10.6 Å². The van der Waals surface area contributed by atoms with Gasteiger partial charge in [0.1, 0.15) is 24.1 Å². The van der Waals surface area contributed by atoms with Crippen LogP contribution >= 0.6 is 0 Å². The minimum atomic E-state index is -0.818. The van der Waals surface area contributed by atoms with Gasteiger partial charge in [0.05, 0.1) is 25.4 Å². The summed E-state index contributed by atoms with van der Waals surface area (Å²) in [5.74, 6) is 0.851. The Kier molecular flexibility index (Phi) is 6.51. The molecule has 1 aliphatic rings. The Morgan fingerprint density at radius 3 is 2.73 bits per heavy atom. The van der Waals surface area contributed by atoms with Crippen LogP contribution in [0.3, 0.4) is 0 Å². The Balaban J connectivity index is 1.79. The highest BCUT2D eigenvalue weighted by Gasteiger charge is 2.34. The first-order valence-corrected chi connectivity index (χ1v) is 11.0. The molecule has 0 radical (unpaired) electrons. The van der Waals surface area contributed by atoms with Crippen LogP contribution < -0.4 is 25.0 Å². The third kappa shape index (κ3) is 4.36. The number of fused-ring (bicyclic) bond motifs is 2. The molecule has 0 spiro atoms. The number of ether oxygens (including phenoxy) is 2. The van der Waals surface area contributed by atoms with Crippen LogP contribution in [0.1, 0.15) is 18.1 Å². The summed E-state index contributed by atoms with van der Waals surface area (Å²) in [5.41, 5.74) is 2.49. The van der Waals surface area contributed by atoms with Gasteiger partial charge in [-0.2, -0.15) is 0 Å². The average molecular weight is 448 g/mol. The van der Waals surface area contributed by atoms with Gasteiger partial charge in [-0.15, -0.1) is 0 Å². The van der Waals surface area contributed by atoms with Gasteiger partial charge in [0, 0.05) is 5.56 Å². The molecular formula is C26H29N3O4. The van der Waals surface area contributed by atoms with Crippen LogP contribution in [0, 0.1) is 6.92 Å². The minimum absolute atomic E-state index is 0.0576. The highest BCUT2D eigenvalue weighted by Crippen LogP contribution is 2.37. The SMILES string of the molecule is CN[C@@H](C)C(=O)NC1COc2c(C)cccc2N(Cc2c(OC)ccc3ccccc23)C1=O. The number of carbonyl (C=O) groups excluding carboxylic acids is 2. The zero-order chi connectivity index (χ0) is 23.5. The highest BCUT2D eigenvalue weighted by atomic mass is 16.5. The van der Waals surface area contributed by atoms with Crippen LogP contribution in [0.25, 0.3) is 10.8 Å². The van der Waals surface area contributed by atoms with E-state index in [0.29, 0.717) is 17.2 Å². The van der Waals surface area contributed by atoms with Gasteiger partial charge in [0.2, 0.25) is 5.91 Å². The van der Waals surface area contributed by atoms with E-state index in [2.05, 4.69) is 10.6 Å². The van der Waals surface area contributed by atoms with E-state index in [4.69, 9.17) is 9.47 Å². The number of amides is 2. The van der Waals surface area contributed by atoms with Crippen LogP contribution in [0.5, 0.6) is 11.5 Å². The quantitative estimate of drug-likeness (QED) is 0.607. The van der Waals surface area contributed by atoms with Gasteiger partial charge in [-0.05, 0) is 49.4 Å². The maximum atomic E-state index is 13.8. The molecule has 172 valence electrons. The monoisotopic (exact) mass is 447 g/mol. The van der Waals surface area contributed by atoms with Crippen LogP contribution in [0.4, 0.5) is 5.69 Å². The standard InChI is InChI=1S/C26H29N3O4/c1-16-8-7-11-22-24(16)33-15-21(28-25(30)17(2)27-3)26(31)29(22)14-20-19-10-6-5-9-18(19)12-13-23(20)32-4/h5-13,17,21,27H,14-15H2,1-4H3,(H,28,30)/t17-,21?/m0/s1. The number of nitrogens with one attached hydrogen (secondary N) is 2. The topological polar surface area (TPSA) is 79.9 Å². The molecule has 0 aromatic heterocycles. The van der Waals surface area contributed by atoms with Crippen LogP contribution in [-0.2, 0) is 16.1 Å². The predicted molar refractivity (Wildman–Crippen MR) is 129 cm³/mol. The molecule has 7 nitrogen and oxygen atoms in total. The van der Waals surface area contributed by atoms with Gasteiger partial charge in [-0.25, -0.2) is 0 Å². The van der Waals surface area contributed by atoms with Gasteiger partial charge < -0.3 is 25.0 Å². The number of aryl methyl sites for hydroxylation is 1. The number of benzene rings is 3. The molecule has 3 aromatic rings. The lowest BCUT2D eigenvalue weighted by atomic mass is 10.0. The summed E-state index contributed by atoms with van der Waals surface area (Å²) in [6.07, 6.45) is 0. The molecule has 1 heterocycles. The molecule has 1 unspecified atom stereocenters. The lowest BCUT2D eigenvalue weighted by molar-refractivity contribution is -0.129. The zero-order valence-corrected chi connectivity index (χ0v) is 19.3. The second-order valence-electron chi connectivity index (χ2n) is 8.20. The van der Waals surface area contributed by atoms with E-state index in [9.17, 15) is 9.59 Å². The van der Waals surface area contributed by atoms with Crippen molar-refractivity contribution in [2.45, 2.75) is 32.5 Å². The van der Waals surface area contributed by atoms with Gasteiger partial charge >= 0.3 is 0 Å². The Bertz CT molecular complexity index is 1190. The molecule has 0 aliphatic carbocycles. The third-order valence-corrected chi connectivity index (χ3v) is 6.12. The molecule has 1 aliphatic heterocycles. The maximum absolute atomic E-state index is 13.8. The zero-order valence-electron chi connectivity index (χ0n) is 19.3. The first kappa shape index (κ1) is 22.6. The number of carbonyl (C=O) groups is 2. The molecule has 7 heteroatoms. The molecule has 0 fully saturated rings. The summed E-state index contributed by atoms with van der Waals surface area (Å²) < 4.78 is 11.7. The van der Waals surface area contributed by atoms with Crippen molar-refractivity contribution in [3.63, 3.8) is 0 Å². The van der Waals surface area contributed by atoms with Crippen molar-refractivity contribution in [3.05, 3.63) is 65.7 Å². The van der Waals surface area contributed by atoms with Gasteiger partial charge in [-0.3, -0.25) is 9.59 Å². The fraction of sp³-hybridized carbons (Fsp3) is 0.308. The summed E-state index contributed by atoms with van der Waals surface area (Å²) in [7, 11) is 3.33. The van der Waals surface area contributed by atoms with E-state index in [1.807, 2.05) is 61.5 Å². The lowest BCUT2D eigenvalue weighted by Gasteiger charge is -2.27. The Labute approximate surface area is 193 Å². The van der Waals surface area contributed by atoms with Gasteiger partial charge in [0.15, 0.2) is 0 Å². The average Bonchev–Trinajstić information content (AvgIpc) is 2.96. The molecule has 33 heavy (non-hydrogen) atoms. The number of nitrogens with zero attached hydrogens (tertiary/aromatic N) is 1. The van der Waals surface area contributed by atoms with Crippen molar-refractivity contribution in [2.24, 2.45) is 0 Å². The summed E-state index contributed by atoms with van der Waals surface area (Å²) in [6, 6.07) is 16.4. The van der Waals surface area contributed by atoms with Crippen LogP contribution in [0.2, 0.25) is 0 Å². The van der Waals surface area contributed by atoms with E-state index >= 15 is 0 Å². The molecule has 0 bridgehead atoms. The molecular weight excluding hydrogens is 418 g/mol. The van der Waals surface area contributed by atoms with Gasteiger partial charge in [-0.1, -0.05) is 42.5 Å². The Morgan fingerprint density at radius 2 is 1.97 bits per heavy atom. The smallest absolute Gasteiger partial charge is 0.253 e. The molecule has 3 aromatic carbocycles. The van der Waals surface area contributed by atoms with Crippen molar-refractivity contribution >= 4 is 28.3 Å². The second-order valence-corrected chi connectivity index (χ2v) is 8.20. The molecule has 2 amide bonds. The Hall–Kier alpha value is -3.58. The minimum Gasteiger partial charge on any atom is -0.496 e. The number of para-hydroxylation sites is 1. The summed E-state index contributed by atoms with van der Waals surface area (Å²) in [6.45, 7) is 4.02. The number of methoxy groups -OCH3 is 1. The van der Waals surface area contributed by atoms with Crippen LogP contribution in [-0.4, -0.2) is 44.7 Å². The van der Waals surface area contributed by atoms with E-state index in [1.165, 1.54) is 0 Å². The lowest BCUT2D eigenvalue weighted by Crippen LogP contribution is -2.53. The molecule has 2 N–H and O–H groups in total. The third-order valence-electron chi connectivity index (χ3n) is 6.12. The first-order chi connectivity index (χ1) is 15.9.